The van der Waals surface area contributed by atoms with Crippen LogP contribution in [0.25, 0.3) is 0 Å². The molecule has 0 saturated carbocycles. The van der Waals surface area contributed by atoms with Gasteiger partial charge in [-0.05, 0) is 33.6 Å². The highest BCUT2D eigenvalue weighted by atomic mass is 19.1. The summed E-state index contributed by atoms with van der Waals surface area (Å²) in [6.07, 6.45) is 3.29. The molecule has 2 N–H and O–H groups in total. The van der Waals surface area contributed by atoms with Gasteiger partial charge in [0.2, 0.25) is 5.95 Å². The Kier molecular flexibility index (Phi) is 7.70. The Morgan fingerprint density at radius 3 is 2.50 bits per heavy atom. The van der Waals surface area contributed by atoms with Crippen LogP contribution in [-0.4, -0.2) is 59.6 Å². The second kappa shape index (κ2) is 9.79. The molecule has 0 spiro atoms. The number of ether oxygens (including phenoxy) is 2. The lowest BCUT2D eigenvalue weighted by atomic mass is 10.1. The molecule has 2 heterocycles. The Labute approximate surface area is 164 Å². The van der Waals surface area contributed by atoms with Gasteiger partial charge >= 0.3 is 6.09 Å². The first-order valence-electron chi connectivity index (χ1n) is 9.27. The fourth-order valence-electron chi connectivity index (χ4n) is 2.82. The van der Waals surface area contributed by atoms with Gasteiger partial charge in [-0.1, -0.05) is 0 Å². The summed E-state index contributed by atoms with van der Waals surface area (Å²) in [5, 5.41) is 12.8. The summed E-state index contributed by atoms with van der Waals surface area (Å²) in [6.45, 7) is 6.56. The van der Waals surface area contributed by atoms with E-state index in [1.807, 2.05) is 4.90 Å². The zero-order chi connectivity index (χ0) is 20.7. The van der Waals surface area contributed by atoms with Crippen molar-refractivity contribution >= 4 is 12.0 Å². The predicted octanol–water partition coefficient (Wildman–Crippen LogP) is 2.50. The van der Waals surface area contributed by atoms with Crippen molar-refractivity contribution in [1.82, 2.24) is 15.3 Å². The number of piperidine rings is 1. The van der Waals surface area contributed by atoms with Crippen molar-refractivity contribution in [3.05, 3.63) is 29.9 Å². The Bertz CT molecular complexity index is 668. The number of aliphatic hydroxyl groups is 1. The zero-order valence-electron chi connectivity index (χ0n) is 16.8. The van der Waals surface area contributed by atoms with Crippen LogP contribution in [-0.2, 0) is 9.47 Å². The number of hydrogen-bond donors (Lipinski definition) is 2. The maximum atomic E-state index is 13.2. The molecule has 28 heavy (non-hydrogen) atoms. The molecule has 0 radical (unpaired) electrons. The maximum absolute atomic E-state index is 13.2. The summed E-state index contributed by atoms with van der Waals surface area (Å²) < 4.78 is 23.7. The molecule has 156 valence electrons. The lowest BCUT2D eigenvalue weighted by Crippen LogP contribution is -2.37. The van der Waals surface area contributed by atoms with Crippen LogP contribution in [0.15, 0.2) is 24.3 Å². The fraction of sp³-hybridized carbons (Fsp3) is 0.632. The van der Waals surface area contributed by atoms with E-state index in [1.54, 1.807) is 27.9 Å². The van der Waals surface area contributed by atoms with Crippen molar-refractivity contribution in [1.29, 1.82) is 0 Å². The first-order chi connectivity index (χ1) is 13.2. The summed E-state index contributed by atoms with van der Waals surface area (Å²) in [5.41, 5.74) is -0.350. The van der Waals surface area contributed by atoms with Crippen LogP contribution < -0.4 is 10.2 Å². The monoisotopic (exact) mass is 396 g/mol. The SMILES string of the molecule is COC1CCN(c2ncc(C(O)/C(=C/F)CNC(=O)OC(C)(C)C)cn2)CC1. The molecule has 8 nitrogen and oxygen atoms in total. The molecule has 0 bridgehead atoms. The summed E-state index contributed by atoms with van der Waals surface area (Å²) >= 11 is 0. The standard InChI is InChI=1S/C19H29FN4O4/c1-19(2,3)28-18(26)23-10-13(9-20)16(25)14-11-21-17(22-12-14)24-7-5-15(27-4)6-8-24/h9,11-12,15-16,25H,5-8,10H2,1-4H3,(H,23,26)/b13-9+. The quantitative estimate of drug-likeness (QED) is 0.762. The van der Waals surface area contributed by atoms with Gasteiger partial charge in [0.25, 0.3) is 0 Å². The van der Waals surface area contributed by atoms with Gasteiger partial charge in [-0.25, -0.2) is 19.2 Å². The summed E-state index contributed by atoms with van der Waals surface area (Å²) in [7, 11) is 1.71. The van der Waals surface area contributed by atoms with Crippen molar-refractivity contribution in [2.24, 2.45) is 0 Å². The van der Waals surface area contributed by atoms with Crippen molar-refractivity contribution in [2.45, 2.75) is 51.4 Å². The Balaban J connectivity index is 1.93. The van der Waals surface area contributed by atoms with E-state index in [4.69, 9.17) is 9.47 Å². The number of anilines is 1. The highest BCUT2D eigenvalue weighted by molar-refractivity contribution is 5.68. The molecule has 1 saturated heterocycles. The normalized spacial score (nSPS) is 17.4. The molecule has 1 atom stereocenters. The van der Waals surface area contributed by atoms with Crippen molar-refractivity contribution in [2.75, 3.05) is 31.6 Å². The Hall–Kier alpha value is -2.26. The minimum absolute atomic E-state index is 0.0249. The first kappa shape index (κ1) is 22.0. The van der Waals surface area contributed by atoms with Gasteiger partial charge in [0.05, 0.1) is 12.4 Å². The average Bonchev–Trinajstić information content (AvgIpc) is 2.67. The van der Waals surface area contributed by atoms with Crippen molar-refractivity contribution in [3.63, 3.8) is 0 Å². The average molecular weight is 396 g/mol. The molecule has 0 aromatic carbocycles. The lowest BCUT2D eigenvalue weighted by Gasteiger charge is -2.31. The molecule has 2 rings (SSSR count). The first-order valence-corrected chi connectivity index (χ1v) is 9.27. The van der Waals surface area contributed by atoms with E-state index in [0.717, 1.165) is 25.9 Å². The molecular formula is C19H29FN4O4. The van der Waals surface area contributed by atoms with Gasteiger partial charge in [0.15, 0.2) is 0 Å². The second-order valence-electron chi connectivity index (χ2n) is 7.68. The Morgan fingerprint density at radius 2 is 2.00 bits per heavy atom. The number of amides is 1. The molecule has 1 unspecified atom stereocenters. The van der Waals surface area contributed by atoms with E-state index in [0.29, 0.717) is 11.5 Å². The number of methoxy groups -OCH3 is 1. The zero-order valence-corrected chi connectivity index (χ0v) is 16.8. The number of nitrogens with one attached hydrogen (secondary N) is 1. The number of nitrogens with zero attached hydrogens (tertiary/aromatic N) is 3. The van der Waals surface area contributed by atoms with Crippen LogP contribution >= 0.6 is 0 Å². The minimum Gasteiger partial charge on any atom is -0.444 e. The second-order valence-corrected chi connectivity index (χ2v) is 7.68. The number of aliphatic hydroxyl groups excluding tert-OH is 1. The molecule has 1 aromatic rings. The summed E-state index contributed by atoms with van der Waals surface area (Å²) in [6, 6.07) is 0. The number of aromatic nitrogens is 2. The van der Waals surface area contributed by atoms with Crippen LogP contribution in [0.4, 0.5) is 15.1 Å². The van der Waals surface area contributed by atoms with Gasteiger partial charge in [-0.15, -0.1) is 0 Å². The van der Waals surface area contributed by atoms with E-state index >= 15 is 0 Å². The number of halogens is 1. The molecule has 1 amide bonds. The minimum atomic E-state index is -1.27. The number of hydrogen-bond acceptors (Lipinski definition) is 7. The molecule has 1 aromatic heterocycles. The van der Waals surface area contributed by atoms with E-state index in [-0.39, 0.29) is 24.6 Å². The molecule has 9 heteroatoms. The van der Waals surface area contributed by atoms with Crippen LogP contribution in [0.5, 0.6) is 0 Å². The molecule has 0 aliphatic carbocycles. The van der Waals surface area contributed by atoms with Crippen LogP contribution in [0.3, 0.4) is 0 Å². The number of rotatable bonds is 6. The van der Waals surface area contributed by atoms with Gasteiger partial charge in [-0.2, -0.15) is 0 Å². The number of carbonyl (C=O) groups excluding carboxylic acids is 1. The van der Waals surface area contributed by atoms with E-state index in [9.17, 15) is 14.3 Å². The fourth-order valence-corrected chi connectivity index (χ4v) is 2.82. The largest absolute Gasteiger partial charge is 0.444 e. The summed E-state index contributed by atoms with van der Waals surface area (Å²) in [4.78, 5) is 22.3. The van der Waals surface area contributed by atoms with Gasteiger partial charge < -0.3 is 24.8 Å². The number of carbonyl (C=O) groups is 1. The molecule has 1 aliphatic rings. The smallest absolute Gasteiger partial charge is 0.407 e. The summed E-state index contributed by atoms with van der Waals surface area (Å²) in [5.74, 6) is 0.558. The highest BCUT2D eigenvalue weighted by Gasteiger charge is 2.22. The van der Waals surface area contributed by atoms with Crippen molar-refractivity contribution in [3.8, 4) is 0 Å². The molecular weight excluding hydrogens is 367 g/mol. The third-order valence-electron chi connectivity index (χ3n) is 4.36. The van der Waals surface area contributed by atoms with Gasteiger partial charge in [-0.3, -0.25) is 0 Å². The van der Waals surface area contributed by atoms with E-state index in [2.05, 4.69) is 15.3 Å². The van der Waals surface area contributed by atoms with E-state index < -0.39 is 17.8 Å². The van der Waals surface area contributed by atoms with Crippen LogP contribution in [0, 0.1) is 0 Å². The van der Waals surface area contributed by atoms with Gasteiger partial charge in [0, 0.05) is 50.3 Å². The maximum Gasteiger partial charge on any atom is 0.407 e. The third-order valence-corrected chi connectivity index (χ3v) is 4.36. The van der Waals surface area contributed by atoms with E-state index in [1.165, 1.54) is 12.4 Å². The topological polar surface area (TPSA) is 96.8 Å². The lowest BCUT2D eigenvalue weighted by molar-refractivity contribution is 0.0529. The molecule has 1 aliphatic heterocycles. The van der Waals surface area contributed by atoms with Crippen LogP contribution in [0.2, 0.25) is 0 Å². The van der Waals surface area contributed by atoms with Crippen LogP contribution in [0.1, 0.15) is 45.3 Å². The Morgan fingerprint density at radius 1 is 1.39 bits per heavy atom. The van der Waals surface area contributed by atoms with Crippen molar-refractivity contribution < 1.29 is 23.8 Å². The molecule has 1 fully saturated rings. The highest BCUT2D eigenvalue weighted by Crippen LogP contribution is 2.23. The number of alkyl carbamates (subject to hydrolysis) is 1. The van der Waals surface area contributed by atoms with Gasteiger partial charge in [0.1, 0.15) is 11.7 Å². The third kappa shape index (κ3) is 6.42. The predicted molar refractivity (Wildman–Crippen MR) is 103 cm³/mol.